The van der Waals surface area contributed by atoms with Gasteiger partial charge in [0.2, 0.25) is 5.95 Å². The Balaban J connectivity index is 2.12. The van der Waals surface area contributed by atoms with Crippen molar-refractivity contribution < 1.29 is 0 Å². The predicted octanol–water partition coefficient (Wildman–Crippen LogP) is 4.54. The van der Waals surface area contributed by atoms with Crippen LogP contribution in [0.3, 0.4) is 0 Å². The van der Waals surface area contributed by atoms with Gasteiger partial charge in [0.25, 0.3) is 0 Å². The van der Waals surface area contributed by atoms with Crippen LogP contribution in [0.5, 0.6) is 0 Å². The average Bonchev–Trinajstić information content (AvgIpc) is 2.48. The lowest BCUT2D eigenvalue weighted by molar-refractivity contribution is 0.865. The summed E-state index contributed by atoms with van der Waals surface area (Å²) in [6.07, 6.45) is 2.90. The summed E-state index contributed by atoms with van der Waals surface area (Å²) in [5.41, 5.74) is 2.26. The van der Waals surface area contributed by atoms with Gasteiger partial charge < -0.3 is 10.6 Å². The molecule has 1 atom stereocenters. The molecule has 2 rings (SSSR count). The highest BCUT2D eigenvalue weighted by atomic mass is 79.9. The number of nitrogens with one attached hydrogen (secondary N) is 2. The summed E-state index contributed by atoms with van der Waals surface area (Å²) < 4.78 is 1.09. The number of rotatable bonds is 6. The molecule has 0 fully saturated rings. The number of halogens is 1. The van der Waals surface area contributed by atoms with Gasteiger partial charge in [-0.15, -0.1) is 0 Å². The first kappa shape index (κ1) is 15.8. The van der Waals surface area contributed by atoms with E-state index in [9.17, 15) is 0 Å². The topological polar surface area (TPSA) is 49.8 Å². The lowest BCUT2D eigenvalue weighted by atomic mass is 10.1. The fourth-order valence-corrected chi connectivity index (χ4v) is 2.21. The molecule has 1 unspecified atom stereocenters. The molecule has 1 aromatic carbocycles. The second kappa shape index (κ2) is 7.41. The molecule has 0 aliphatic rings. The predicted molar refractivity (Wildman–Crippen MR) is 91.7 cm³/mol. The smallest absolute Gasteiger partial charge is 0.224 e. The number of anilines is 2. The molecular weight excluding hydrogens is 328 g/mol. The highest BCUT2D eigenvalue weighted by Gasteiger charge is 2.09. The Morgan fingerprint density at radius 2 is 1.95 bits per heavy atom. The van der Waals surface area contributed by atoms with Crippen molar-refractivity contribution in [2.24, 2.45) is 0 Å². The summed E-state index contributed by atoms with van der Waals surface area (Å²) in [6, 6.07) is 8.50. The highest BCUT2D eigenvalue weighted by Crippen LogP contribution is 2.22. The van der Waals surface area contributed by atoms with Gasteiger partial charge in [-0.3, -0.25) is 0 Å². The summed E-state index contributed by atoms with van der Waals surface area (Å²) in [6.45, 7) is 7.14. The van der Waals surface area contributed by atoms with Gasteiger partial charge in [-0.25, -0.2) is 4.98 Å². The van der Waals surface area contributed by atoms with Crippen molar-refractivity contribution in [2.45, 2.75) is 33.2 Å². The van der Waals surface area contributed by atoms with Crippen molar-refractivity contribution in [1.82, 2.24) is 9.97 Å². The third kappa shape index (κ3) is 4.43. The average molecular weight is 349 g/mol. The molecule has 0 aliphatic heterocycles. The molecule has 0 saturated carbocycles. The molecular formula is C16H21BrN4. The molecule has 112 valence electrons. The maximum atomic E-state index is 4.55. The van der Waals surface area contributed by atoms with E-state index in [-0.39, 0.29) is 6.04 Å². The quantitative estimate of drug-likeness (QED) is 0.804. The minimum atomic E-state index is 0.186. The first-order chi connectivity index (χ1) is 10.1. The SMILES string of the molecule is CCCNc1ncc(C)c(NC(C)c2ccc(Br)cc2)n1. The molecule has 2 N–H and O–H groups in total. The number of nitrogens with zero attached hydrogens (tertiary/aromatic N) is 2. The number of benzene rings is 1. The Morgan fingerprint density at radius 3 is 2.62 bits per heavy atom. The van der Waals surface area contributed by atoms with E-state index >= 15 is 0 Å². The van der Waals surface area contributed by atoms with Gasteiger partial charge in [0, 0.05) is 28.8 Å². The van der Waals surface area contributed by atoms with Gasteiger partial charge in [0.1, 0.15) is 5.82 Å². The molecule has 1 heterocycles. The Kier molecular flexibility index (Phi) is 5.56. The molecule has 0 bridgehead atoms. The fraction of sp³-hybridized carbons (Fsp3) is 0.375. The van der Waals surface area contributed by atoms with Crippen LogP contribution < -0.4 is 10.6 Å². The van der Waals surface area contributed by atoms with Gasteiger partial charge in [0.05, 0.1) is 0 Å². The van der Waals surface area contributed by atoms with Crippen molar-refractivity contribution in [1.29, 1.82) is 0 Å². The normalized spacial score (nSPS) is 12.0. The minimum Gasteiger partial charge on any atom is -0.363 e. The molecule has 4 nitrogen and oxygen atoms in total. The Bertz CT molecular complexity index is 583. The van der Waals surface area contributed by atoms with E-state index in [0.717, 1.165) is 28.8 Å². The van der Waals surface area contributed by atoms with Crippen LogP contribution in [0.1, 0.15) is 37.4 Å². The van der Waals surface area contributed by atoms with Gasteiger partial charge in [-0.1, -0.05) is 35.0 Å². The van der Waals surface area contributed by atoms with E-state index in [0.29, 0.717) is 5.95 Å². The van der Waals surface area contributed by atoms with Crippen LogP contribution in [-0.2, 0) is 0 Å². The van der Waals surface area contributed by atoms with Crippen LogP contribution in [0.25, 0.3) is 0 Å². The molecule has 0 saturated heterocycles. The standard InChI is InChI=1S/C16H21BrN4/c1-4-9-18-16-19-10-11(2)15(21-16)20-12(3)13-5-7-14(17)8-6-13/h5-8,10,12H,4,9H2,1-3H3,(H2,18,19,20,21). The van der Waals surface area contributed by atoms with Crippen molar-refractivity contribution in [2.75, 3.05) is 17.2 Å². The summed E-state index contributed by atoms with van der Waals surface area (Å²) in [5, 5.41) is 6.67. The van der Waals surface area contributed by atoms with Crippen LogP contribution in [-0.4, -0.2) is 16.5 Å². The lowest BCUT2D eigenvalue weighted by Crippen LogP contribution is -2.12. The van der Waals surface area contributed by atoms with Crippen molar-refractivity contribution in [3.05, 3.63) is 46.1 Å². The van der Waals surface area contributed by atoms with E-state index in [1.54, 1.807) is 0 Å². The number of hydrogen-bond donors (Lipinski definition) is 2. The molecule has 5 heteroatoms. The molecule has 1 aromatic heterocycles. The largest absolute Gasteiger partial charge is 0.363 e. The molecule has 0 amide bonds. The third-order valence-electron chi connectivity index (χ3n) is 3.23. The minimum absolute atomic E-state index is 0.186. The molecule has 0 spiro atoms. The van der Waals surface area contributed by atoms with Gasteiger partial charge in [0.15, 0.2) is 0 Å². The van der Waals surface area contributed by atoms with Crippen LogP contribution in [0, 0.1) is 6.92 Å². The number of aromatic nitrogens is 2. The number of hydrogen-bond acceptors (Lipinski definition) is 4. The Morgan fingerprint density at radius 1 is 1.24 bits per heavy atom. The van der Waals surface area contributed by atoms with E-state index in [4.69, 9.17) is 0 Å². The second-order valence-electron chi connectivity index (χ2n) is 5.07. The lowest BCUT2D eigenvalue weighted by Gasteiger charge is -2.17. The summed E-state index contributed by atoms with van der Waals surface area (Å²) in [5.74, 6) is 1.55. The van der Waals surface area contributed by atoms with E-state index in [1.807, 2.05) is 13.1 Å². The number of aryl methyl sites for hydroxylation is 1. The zero-order valence-corrected chi connectivity index (χ0v) is 14.2. The van der Waals surface area contributed by atoms with E-state index in [2.05, 4.69) is 74.6 Å². The van der Waals surface area contributed by atoms with Crippen molar-refractivity contribution in [3.8, 4) is 0 Å². The fourth-order valence-electron chi connectivity index (χ4n) is 1.95. The van der Waals surface area contributed by atoms with Crippen molar-refractivity contribution >= 4 is 27.7 Å². The van der Waals surface area contributed by atoms with Crippen LogP contribution in [0.15, 0.2) is 34.9 Å². The first-order valence-corrected chi connectivity index (χ1v) is 7.99. The van der Waals surface area contributed by atoms with Crippen LogP contribution in [0.2, 0.25) is 0 Å². The summed E-state index contributed by atoms with van der Waals surface area (Å²) in [4.78, 5) is 8.85. The van der Waals surface area contributed by atoms with Crippen LogP contribution in [0.4, 0.5) is 11.8 Å². The molecule has 21 heavy (non-hydrogen) atoms. The second-order valence-corrected chi connectivity index (χ2v) is 5.99. The maximum absolute atomic E-state index is 4.55. The molecule has 0 radical (unpaired) electrons. The maximum Gasteiger partial charge on any atom is 0.224 e. The monoisotopic (exact) mass is 348 g/mol. The summed E-state index contributed by atoms with van der Waals surface area (Å²) in [7, 11) is 0. The first-order valence-electron chi connectivity index (χ1n) is 7.19. The highest BCUT2D eigenvalue weighted by molar-refractivity contribution is 9.10. The van der Waals surface area contributed by atoms with E-state index in [1.165, 1.54) is 5.56 Å². The zero-order valence-electron chi connectivity index (χ0n) is 12.7. The van der Waals surface area contributed by atoms with Crippen molar-refractivity contribution in [3.63, 3.8) is 0 Å². The Hall–Kier alpha value is -1.62. The van der Waals surface area contributed by atoms with Gasteiger partial charge in [-0.05, 0) is 38.0 Å². The molecule has 2 aromatic rings. The van der Waals surface area contributed by atoms with Gasteiger partial charge in [-0.2, -0.15) is 4.98 Å². The third-order valence-corrected chi connectivity index (χ3v) is 3.76. The van der Waals surface area contributed by atoms with E-state index < -0.39 is 0 Å². The Labute approximate surface area is 134 Å². The van der Waals surface area contributed by atoms with Gasteiger partial charge >= 0.3 is 0 Å². The van der Waals surface area contributed by atoms with Crippen LogP contribution >= 0.6 is 15.9 Å². The zero-order chi connectivity index (χ0) is 15.2. The molecule has 0 aliphatic carbocycles. The summed E-state index contributed by atoms with van der Waals surface area (Å²) >= 11 is 3.46.